The van der Waals surface area contributed by atoms with Crippen LogP contribution in [0.5, 0.6) is 0 Å². The minimum Gasteiger partial charge on any atom is -0.298 e. The summed E-state index contributed by atoms with van der Waals surface area (Å²) in [7, 11) is 0. The molecule has 0 saturated heterocycles. The molecule has 2 nitrogen and oxygen atoms in total. The van der Waals surface area contributed by atoms with E-state index in [-0.39, 0.29) is 28.8 Å². The van der Waals surface area contributed by atoms with E-state index in [1.165, 1.54) is 0 Å². The predicted octanol–water partition coefficient (Wildman–Crippen LogP) is 3.24. The van der Waals surface area contributed by atoms with Crippen LogP contribution < -0.4 is 0 Å². The molecule has 0 N–H and O–H groups in total. The number of rotatable bonds is 1. The third kappa shape index (κ3) is 2.36. The van der Waals surface area contributed by atoms with Gasteiger partial charge in [0.15, 0.2) is 0 Å². The smallest absolute Gasteiger partial charge is 0.149 e. The largest absolute Gasteiger partial charge is 0.298 e. The third-order valence-corrected chi connectivity index (χ3v) is 3.76. The molecule has 0 radical (unpaired) electrons. The molecule has 0 bridgehead atoms. The number of carbonyl (C=O) groups is 2. The number of carbonyl (C=O) groups excluding carboxylic acids is 2. The lowest BCUT2D eigenvalue weighted by Gasteiger charge is -2.39. The second kappa shape index (κ2) is 3.97. The molecule has 2 heteroatoms. The van der Waals surface area contributed by atoms with Crippen LogP contribution in [0.1, 0.15) is 54.4 Å². The summed E-state index contributed by atoms with van der Waals surface area (Å²) in [5, 5.41) is 0. The molecule has 1 aliphatic carbocycles. The van der Waals surface area contributed by atoms with Gasteiger partial charge >= 0.3 is 0 Å². The Balaban J connectivity index is 3.01. The van der Waals surface area contributed by atoms with E-state index in [2.05, 4.69) is 0 Å². The van der Waals surface area contributed by atoms with Crippen LogP contribution >= 0.6 is 0 Å². The maximum absolute atomic E-state index is 12.3. The lowest BCUT2D eigenvalue weighted by molar-refractivity contribution is -0.147. The van der Waals surface area contributed by atoms with Crippen molar-refractivity contribution in [1.82, 2.24) is 0 Å². The second-order valence-corrected chi connectivity index (χ2v) is 6.86. The summed E-state index contributed by atoms with van der Waals surface area (Å²) in [4.78, 5) is 24.6. The highest BCUT2D eigenvalue weighted by Gasteiger charge is 2.46. The molecule has 0 heterocycles. The fraction of sp³-hybridized carbons (Fsp3) is 0.857. The van der Waals surface area contributed by atoms with E-state index in [0.29, 0.717) is 0 Å². The molecule has 2 atom stereocenters. The van der Waals surface area contributed by atoms with E-state index >= 15 is 0 Å². The maximum Gasteiger partial charge on any atom is 0.149 e. The summed E-state index contributed by atoms with van der Waals surface area (Å²) in [5.41, 5.74) is -0.736. The van der Waals surface area contributed by atoms with Crippen molar-refractivity contribution in [2.45, 2.75) is 54.4 Å². The summed E-state index contributed by atoms with van der Waals surface area (Å²) in [6.45, 7) is 11.7. The summed E-state index contributed by atoms with van der Waals surface area (Å²) < 4.78 is 0. The van der Waals surface area contributed by atoms with E-state index in [0.717, 1.165) is 12.8 Å². The highest BCUT2D eigenvalue weighted by atomic mass is 16.2. The van der Waals surface area contributed by atoms with Crippen LogP contribution in [0.25, 0.3) is 0 Å². The van der Waals surface area contributed by atoms with Gasteiger partial charge in [0, 0.05) is 10.8 Å². The molecule has 16 heavy (non-hydrogen) atoms. The standard InChI is InChI=1S/C14H24O2/c1-9-7-8-14(5,6)12(16)10(9)11(15)13(2,3)4/h9-10H,7-8H2,1-6H3. The highest BCUT2D eigenvalue weighted by molar-refractivity contribution is 6.07. The van der Waals surface area contributed by atoms with Gasteiger partial charge in [0.05, 0.1) is 5.92 Å². The van der Waals surface area contributed by atoms with Crippen molar-refractivity contribution in [2.24, 2.45) is 22.7 Å². The molecular formula is C14H24O2. The fourth-order valence-corrected chi connectivity index (χ4v) is 2.40. The zero-order chi connectivity index (χ0) is 12.7. The van der Waals surface area contributed by atoms with Gasteiger partial charge in [-0.1, -0.05) is 41.5 Å². The summed E-state index contributed by atoms with van der Waals surface area (Å²) in [5.74, 6) is 0.0694. The Kier molecular flexibility index (Phi) is 3.33. The first-order valence-corrected chi connectivity index (χ1v) is 6.16. The minimum atomic E-state index is -0.415. The van der Waals surface area contributed by atoms with E-state index < -0.39 is 5.41 Å². The van der Waals surface area contributed by atoms with Crippen molar-refractivity contribution < 1.29 is 9.59 Å². The molecule has 1 fully saturated rings. The van der Waals surface area contributed by atoms with Crippen molar-refractivity contribution in [2.75, 3.05) is 0 Å². The van der Waals surface area contributed by atoms with Gasteiger partial charge in [0.2, 0.25) is 0 Å². The van der Waals surface area contributed by atoms with E-state index in [1.807, 2.05) is 41.5 Å². The Morgan fingerprint density at radius 2 is 1.81 bits per heavy atom. The van der Waals surface area contributed by atoms with Crippen LogP contribution in [0.3, 0.4) is 0 Å². The van der Waals surface area contributed by atoms with Crippen LogP contribution in [0, 0.1) is 22.7 Å². The van der Waals surface area contributed by atoms with Crippen molar-refractivity contribution in [3.8, 4) is 0 Å². The first kappa shape index (κ1) is 13.4. The van der Waals surface area contributed by atoms with Gasteiger partial charge in [-0.05, 0) is 18.8 Å². The van der Waals surface area contributed by atoms with Crippen molar-refractivity contribution in [3.05, 3.63) is 0 Å². The van der Waals surface area contributed by atoms with E-state index in [9.17, 15) is 9.59 Å². The van der Waals surface area contributed by atoms with E-state index in [4.69, 9.17) is 0 Å². The molecule has 0 aromatic heterocycles. The van der Waals surface area contributed by atoms with Gasteiger partial charge in [-0.25, -0.2) is 0 Å². The van der Waals surface area contributed by atoms with Gasteiger partial charge in [-0.3, -0.25) is 9.59 Å². The lowest BCUT2D eigenvalue weighted by atomic mass is 9.62. The van der Waals surface area contributed by atoms with Crippen LogP contribution in [0.2, 0.25) is 0 Å². The normalized spacial score (nSPS) is 30.2. The molecule has 0 aromatic rings. The van der Waals surface area contributed by atoms with Gasteiger partial charge < -0.3 is 0 Å². The first-order chi connectivity index (χ1) is 7.07. The number of Topliss-reactive ketones (excluding diaryl/α,β-unsaturated/α-hetero) is 2. The predicted molar refractivity (Wildman–Crippen MR) is 65.1 cm³/mol. The average molecular weight is 224 g/mol. The monoisotopic (exact) mass is 224 g/mol. The zero-order valence-electron chi connectivity index (χ0n) is 11.4. The van der Waals surface area contributed by atoms with Gasteiger partial charge in [-0.15, -0.1) is 0 Å². The average Bonchev–Trinajstić information content (AvgIpc) is 2.11. The quantitative estimate of drug-likeness (QED) is 0.641. The molecule has 0 amide bonds. The van der Waals surface area contributed by atoms with Gasteiger partial charge in [-0.2, -0.15) is 0 Å². The summed E-state index contributed by atoms with van der Waals surface area (Å²) >= 11 is 0. The second-order valence-electron chi connectivity index (χ2n) is 6.86. The fourth-order valence-electron chi connectivity index (χ4n) is 2.40. The van der Waals surface area contributed by atoms with Crippen LogP contribution in [0.4, 0.5) is 0 Å². The molecule has 2 unspecified atom stereocenters. The Morgan fingerprint density at radius 1 is 1.31 bits per heavy atom. The molecule has 0 spiro atoms. The number of ketones is 2. The van der Waals surface area contributed by atoms with Crippen LogP contribution in [-0.2, 0) is 9.59 Å². The number of hydrogen-bond donors (Lipinski definition) is 0. The Morgan fingerprint density at radius 3 is 2.25 bits per heavy atom. The summed E-state index contributed by atoms with van der Waals surface area (Å²) in [6, 6.07) is 0. The maximum atomic E-state index is 12.3. The molecule has 1 aliphatic rings. The van der Waals surface area contributed by atoms with Crippen LogP contribution in [-0.4, -0.2) is 11.6 Å². The van der Waals surface area contributed by atoms with E-state index in [1.54, 1.807) is 0 Å². The minimum absolute atomic E-state index is 0.109. The first-order valence-electron chi connectivity index (χ1n) is 6.16. The zero-order valence-corrected chi connectivity index (χ0v) is 11.4. The van der Waals surface area contributed by atoms with Gasteiger partial charge in [0.1, 0.15) is 11.6 Å². The molecular weight excluding hydrogens is 200 g/mol. The molecule has 92 valence electrons. The van der Waals surface area contributed by atoms with Gasteiger partial charge in [0.25, 0.3) is 0 Å². The highest BCUT2D eigenvalue weighted by Crippen LogP contribution is 2.41. The SMILES string of the molecule is CC1CCC(C)(C)C(=O)C1C(=O)C(C)(C)C. The third-order valence-electron chi connectivity index (χ3n) is 3.76. The number of hydrogen-bond acceptors (Lipinski definition) is 2. The van der Waals surface area contributed by atoms with Crippen molar-refractivity contribution in [1.29, 1.82) is 0 Å². The topological polar surface area (TPSA) is 34.1 Å². The van der Waals surface area contributed by atoms with Crippen molar-refractivity contribution in [3.63, 3.8) is 0 Å². The molecule has 1 rings (SSSR count). The lowest BCUT2D eigenvalue weighted by Crippen LogP contribution is -2.46. The Bertz CT molecular complexity index is 299. The Labute approximate surface area is 98.8 Å². The Hall–Kier alpha value is -0.660. The summed E-state index contributed by atoms with van der Waals surface area (Å²) in [6.07, 6.45) is 1.88. The van der Waals surface area contributed by atoms with Crippen LogP contribution in [0.15, 0.2) is 0 Å². The molecule has 1 saturated carbocycles. The molecule has 0 aliphatic heterocycles. The van der Waals surface area contributed by atoms with Crippen molar-refractivity contribution >= 4 is 11.6 Å². The molecule has 0 aromatic carbocycles.